The molecule has 0 aromatic heterocycles. The molecular formula is C14H17FN2S. The van der Waals surface area contributed by atoms with Crippen molar-refractivity contribution in [1.29, 1.82) is 5.26 Å². The Labute approximate surface area is 112 Å². The molecule has 18 heavy (non-hydrogen) atoms. The van der Waals surface area contributed by atoms with Gasteiger partial charge in [-0.3, -0.25) is 0 Å². The molecule has 1 fully saturated rings. The Hall–Kier alpha value is -1.05. The first-order chi connectivity index (χ1) is 8.67. The SMILES string of the molecule is CCC1CSC(c2ccc(F)c(C#N)c2C)CN1. The fourth-order valence-electron chi connectivity index (χ4n) is 2.27. The van der Waals surface area contributed by atoms with E-state index in [0.717, 1.165) is 29.8 Å². The number of hydrogen-bond acceptors (Lipinski definition) is 3. The number of hydrogen-bond donors (Lipinski definition) is 1. The molecule has 1 aromatic carbocycles. The van der Waals surface area contributed by atoms with Gasteiger partial charge >= 0.3 is 0 Å². The van der Waals surface area contributed by atoms with Gasteiger partial charge in [-0.1, -0.05) is 13.0 Å². The van der Waals surface area contributed by atoms with Crippen molar-refractivity contribution in [2.24, 2.45) is 0 Å². The summed E-state index contributed by atoms with van der Waals surface area (Å²) in [6.45, 7) is 4.90. The lowest BCUT2D eigenvalue weighted by molar-refractivity contribution is 0.523. The number of benzene rings is 1. The Morgan fingerprint density at radius 2 is 2.33 bits per heavy atom. The summed E-state index contributed by atoms with van der Waals surface area (Å²) in [4.78, 5) is 0. The summed E-state index contributed by atoms with van der Waals surface area (Å²) < 4.78 is 13.5. The van der Waals surface area contributed by atoms with E-state index < -0.39 is 5.82 Å². The van der Waals surface area contributed by atoms with Gasteiger partial charge in [-0.05, 0) is 30.5 Å². The van der Waals surface area contributed by atoms with Gasteiger partial charge in [0.15, 0.2) is 0 Å². The fourth-order valence-corrected chi connectivity index (χ4v) is 3.73. The molecule has 0 amide bonds. The molecule has 2 unspecified atom stereocenters. The maximum atomic E-state index is 13.5. The molecule has 4 heteroatoms. The van der Waals surface area contributed by atoms with E-state index in [9.17, 15) is 4.39 Å². The minimum Gasteiger partial charge on any atom is -0.312 e. The van der Waals surface area contributed by atoms with Gasteiger partial charge in [0.2, 0.25) is 0 Å². The van der Waals surface area contributed by atoms with Crippen molar-refractivity contribution in [2.45, 2.75) is 31.6 Å². The number of thioether (sulfide) groups is 1. The molecular weight excluding hydrogens is 247 g/mol. The third kappa shape index (κ3) is 2.52. The van der Waals surface area contributed by atoms with Crippen molar-refractivity contribution in [2.75, 3.05) is 12.3 Å². The topological polar surface area (TPSA) is 35.8 Å². The van der Waals surface area contributed by atoms with Crippen molar-refractivity contribution in [3.8, 4) is 6.07 Å². The lowest BCUT2D eigenvalue weighted by Gasteiger charge is -2.30. The highest BCUT2D eigenvalue weighted by atomic mass is 32.2. The average molecular weight is 264 g/mol. The van der Waals surface area contributed by atoms with Gasteiger partial charge in [0, 0.05) is 23.6 Å². The molecule has 96 valence electrons. The molecule has 0 bridgehead atoms. The van der Waals surface area contributed by atoms with Crippen molar-refractivity contribution < 1.29 is 4.39 Å². The van der Waals surface area contributed by atoms with Crippen LogP contribution in [0.25, 0.3) is 0 Å². The standard InChI is InChI=1S/C14H17FN2S/c1-3-10-8-18-14(7-17-10)11-4-5-13(15)12(6-16)9(11)2/h4-5,10,14,17H,3,7-8H2,1-2H3. The molecule has 2 nitrogen and oxygen atoms in total. The second-order valence-corrected chi connectivity index (χ2v) is 5.82. The maximum Gasteiger partial charge on any atom is 0.141 e. The first-order valence-electron chi connectivity index (χ1n) is 6.21. The zero-order valence-electron chi connectivity index (χ0n) is 10.7. The molecule has 1 saturated heterocycles. The van der Waals surface area contributed by atoms with E-state index >= 15 is 0 Å². The molecule has 2 rings (SSSR count). The molecule has 2 atom stereocenters. The van der Waals surface area contributed by atoms with Crippen LogP contribution in [0.5, 0.6) is 0 Å². The maximum absolute atomic E-state index is 13.5. The number of halogens is 1. The van der Waals surface area contributed by atoms with Crippen LogP contribution in [-0.2, 0) is 0 Å². The van der Waals surface area contributed by atoms with Crippen LogP contribution in [0, 0.1) is 24.1 Å². The van der Waals surface area contributed by atoms with Crippen LogP contribution in [0.15, 0.2) is 12.1 Å². The van der Waals surface area contributed by atoms with Crippen molar-refractivity contribution in [1.82, 2.24) is 5.32 Å². The Kier molecular flexibility index (Phi) is 4.26. The quantitative estimate of drug-likeness (QED) is 0.891. The van der Waals surface area contributed by atoms with Crippen LogP contribution >= 0.6 is 11.8 Å². The minimum atomic E-state index is -0.418. The van der Waals surface area contributed by atoms with E-state index in [1.165, 1.54) is 6.07 Å². The van der Waals surface area contributed by atoms with Gasteiger partial charge in [-0.25, -0.2) is 4.39 Å². The molecule has 1 aromatic rings. The lowest BCUT2D eigenvalue weighted by Crippen LogP contribution is -2.38. The van der Waals surface area contributed by atoms with E-state index in [4.69, 9.17) is 5.26 Å². The van der Waals surface area contributed by atoms with E-state index in [-0.39, 0.29) is 5.56 Å². The molecule has 0 radical (unpaired) electrons. The largest absolute Gasteiger partial charge is 0.312 e. The third-order valence-electron chi connectivity index (χ3n) is 3.50. The summed E-state index contributed by atoms with van der Waals surface area (Å²) in [5.74, 6) is 0.652. The van der Waals surface area contributed by atoms with E-state index in [1.54, 1.807) is 0 Å². The van der Waals surface area contributed by atoms with Crippen LogP contribution in [-0.4, -0.2) is 18.3 Å². The monoisotopic (exact) mass is 264 g/mol. The summed E-state index contributed by atoms with van der Waals surface area (Å²) in [5, 5.41) is 12.8. The van der Waals surface area contributed by atoms with Gasteiger partial charge in [0.25, 0.3) is 0 Å². The molecule has 1 N–H and O–H groups in total. The number of nitrogens with one attached hydrogen (secondary N) is 1. The number of nitriles is 1. The van der Waals surface area contributed by atoms with Crippen LogP contribution in [0.1, 0.15) is 35.3 Å². The minimum absolute atomic E-state index is 0.186. The van der Waals surface area contributed by atoms with Gasteiger partial charge in [0.05, 0.1) is 5.56 Å². The Morgan fingerprint density at radius 1 is 1.56 bits per heavy atom. The highest BCUT2D eigenvalue weighted by Crippen LogP contribution is 2.35. The molecule has 1 aliphatic rings. The zero-order chi connectivity index (χ0) is 13.1. The smallest absolute Gasteiger partial charge is 0.141 e. The summed E-state index contributed by atoms with van der Waals surface area (Å²) in [7, 11) is 0. The van der Waals surface area contributed by atoms with E-state index in [0.29, 0.717) is 11.3 Å². The van der Waals surface area contributed by atoms with E-state index in [1.807, 2.05) is 30.8 Å². The van der Waals surface area contributed by atoms with E-state index in [2.05, 4.69) is 12.2 Å². The first-order valence-corrected chi connectivity index (χ1v) is 7.26. The highest BCUT2D eigenvalue weighted by Gasteiger charge is 2.23. The molecule has 1 aliphatic heterocycles. The first kappa shape index (κ1) is 13.4. The molecule has 0 saturated carbocycles. The van der Waals surface area contributed by atoms with Crippen LogP contribution in [0.2, 0.25) is 0 Å². The van der Waals surface area contributed by atoms with Gasteiger partial charge < -0.3 is 5.32 Å². The Balaban J connectivity index is 2.23. The van der Waals surface area contributed by atoms with Crippen LogP contribution in [0.4, 0.5) is 4.39 Å². The average Bonchev–Trinajstić information content (AvgIpc) is 2.40. The lowest BCUT2D eigenvalue weighted by atomic mass is 9.99. The molecule has 0 aliphatic carbocycles. The van der Waals surface area contributed by atoms with Crippen molar-refractivity contribution >= 4 is 11.8 Å². The van der Waals surface area contributed by atoms with Gasteiger partial charge in [-0.2, -0.15) is 17.0 Å². The van der Waals surface area contributed by atoms with Gasteiger partial charge in [0.1, 0.15) is 11.9 Å². The van der Waals surface area contributed by atoms with Gasteiger partial charge in [-0.15, -0.1) is 0 Å². The summed E-state index contributed by atoms with van der Waals surface area (Å²) in [6, 6.07) is 5.76. The number of nitrogens with zero attached hydrogens (tertiary/aromatic N) is 1. The zero-order valence-corrected chi connectivity index (χ0v) is 11.5. The predicted octanol–water partition coefficient (Wildman–Crippen LogP) is 3.16. The molecule has 1 heterocycles. The summed E-state index contributed by atoms with van der Waals surface area (Å²) in [6.07, 6.45) is 1.13. The fraction of sp³-hybridized carbons (Fsp3) is 0.500. The van der Waals surface area contributed by atoms with Crippen molar-refractivity contribution in [3.05, 3.63) is 34.6 Å². The van der Waals surface area contributed by atoms with Crippen LogP contribution in [0.3, 0.4) is 0 Å². The molecule has 0 spiro atoms. The number of rotatable bonds is 2. The Morgan fingerprint density at radius 3 is 2.89 bits per heavy atom. The second-order valence-electron chi connectivity index (χ2n) is 4.58. The van der Waals surface area contributed by atoms with Crippen LogP contribution < -0.4 is 5.32 Å². The second kappa shape index (κ2) is 5.73. The van der Waals surface area contributed by atoms with Crippen molar-refractivity contribution in [3.63, 3.8) is 0 Å². The predicted molar refractivity (Wildman–Crippen MR) is 73.1 cm³/mol. The summed E-state index contributed by atoms with van der Waals surface area (Å²) in [5.41, 5.74) is 2.05. The summed E-state index contributed by atoms with van der Waals surface area (Å²) >= 11 is 1.89. The third-order valence-corrected chi connectivity index (χ3v) is 4.92. The highest BCUT2D eigenvalue weighted by molar-refractivity contribution is 7.99. The Bertz CT molecular complexity index is 473. The normalized spacial score (nSPS) is 23.7.